The van der Waals surface area contributed by atoms with Crippen molar-refractivity contribution in [2.75, 3.05) is 0 Å². The number of hydrogen-bond donors (Lipinski definition) is 1. The van der Waals surface area contributed by atoms with E-state index in [-0.39, 0.29) is 0 Å². The van der Waals surface area contributed by atoms with E-state index in [2.05, 4.69) is 35.6 Å². The lowest BCUT2D eigenvalue weighted by atomic mass is 10.1. The van der Waals surface area contributed by atoms with Crippen molar-refractivity contribution >= 4 is 17.2 Å². The van der Waals surface area contributed by atoms with Gasteiger partial charge < -0.3 is 0 Å². The van der Waals surface area contributed by atoms with Crippen molar-refractivity contribution in [2.45, 2.75) is 46.1 Å². The first-order chi connectivity index (χ1) is 8.17. The second-order valence-corrected chi connectivity index (χ2v) is 5.08. The van der Waals surface area contributed by atoms with Gasteiger partial charge in [-0.1, -0.05) is 6.92 Å². The monoisotopic (exact) mass is 249 g/mol. The minimum absolute atomic E-state index is 0.303. The summed E-state index contributed by atoms with van der Waals surface area (Å²) in [5, 5.41) is 13.2. The van der Waals surface area contributed by atoms with Crippen LogP contribution >= 0.6 is 11.3 Å². The Morgan fingerprint density at radius 2 is 2.41 bits per heavy atom. The van der Waals surface area contributed by atoms with Gasteiger partial charge in [-0.05, 0) is 50.1 Å². The van der Waals surface area contributed by atoms with Gasteiger partial charge in [-0.2, -0.15) is 5.26 Å². The number of aliphatic imine (C=N–C) groups is 1. The summed E-state index contributed by atoms with van der Waals surface area (Å²) < 4.78 is 0. The summed E-state index contributed by atoms with van der Waals surface area (Å²) in [5.74, 6) is 0.710. The summed E-state index contributed by atoms with van der Waals surface area (Å²) >= 11 is 1.81. The number of nitrogens with zero attached hydrogens (tertiary/aromatic N) is 2. The van der Waals surface area contributed by atoms with E-state index in [9.17, 15) is 0 Å². The third-order valence-electron chi connectivity index (χ3n) is 2.76. The van der Waals surface area contributed by atoms with E-state index in [4.69, 9.17) is 5.26 Å². The predicted octanol–water partition coefficient (Wildman–Crippen LogP) is 3.26. The molecule has 0 aliphatic heterocycles. The Morgan fingerprint density at radius 3 is 2.94 bits per heavy atom. The highest BCUT2D eigenvalue weighted by Crippen LogP contribution is 2.19. The number of aryl methyl sites for hydroxylation is 2. The Kier molecular flexibility index (Phi) is 5.71. The second kappa shape index (κ2) is 7.08. The third kappa shape index (κ3) is 4.58. The highest BCUT2D eigenvalue weighted by atomic mass is 32.1. The van der Waals surface area contributed by atoms with Gasteiger partial charge in [0.1, 0.15) is 5.84 Å². The molecule has 1 rings (SSSR count). The van der Waals surface area contributed by atoms with Crippen molar-refractivity contribution in [2.24, 2.45) is 4.99 Å². The van der Waals surface area contributed by atoms with E-state index in [1.165, 1.54) is 10.4 Å². The largest absolute Gasteiger partial charge is 0.281 e. The lowest BCUT2D eigenvalue weighted by Crippen LogP contribution is -2.17. The van der Waals surface area contributed by atoms with Crippen molar-refractivity contribution in [3.8, 4) is 6.19 Å². The van der Waals surface area contributed by atoms with Gasteiger partial charge in [-0.15, -0.1) is 11.3 Å². The van der Waals surface area contributed by atoms with E-state index in [0.29, 0.717) is 11.9 Å². The zero-order valence-electron chi connectivity index (χ0n) is 10.7. The van der Waals surface area contributed by atoms with Crippen LogP contribution in [0.5, 0.6) is 0 Å². The van der Waals surface area contributed by atoms with Crippen molar-refractivity contribution < 1.29 is 0 Å². The third-order valence-corrected chi connectivity index (χ3v) is 3.84. The lowest BCUT2D eigenvalue weighted by molar-refractivity contribution is 0.598. The number of amidine groups is 1. The molecule has 1 aromatic heterocycles. The van der Waals surface area contributed by atoms with Gasteiger partial charge in [-0.25, -0.2) is 0 Å². The molecule has 0 unspecified atom stereocenters. The van der Waals surface area contributed by atoms with Crippen LogP contribution in [-0.4, -0.2) is 11.9 Å². The molecule has 3 nitrogen and oxygen atoms in total. The molecule has 1 aromatic rings. The first-order valence-electron chi connectivity index (χ1n) is 5.89. The summed E-state index contributed by atoms with van der Waals surface area (Å²) in [6.07, 6.45) is 5.02. The Balaban J connectivity index is 2.51. The average Bonchev–Trinajstić information content (AvgIpc) is 2.70. The minimum Gasteiger partial charge on any atom is -0.281 e. The Bertz CT molecular complexity index is 415. The van der Waals surface area contributed by atoms with Crippen LogP contribution in [0.25, 0.3) is 0 Å². The summed E-state index contributed by atoms with van der Waals surface area (Å²) in [6.45, 7) is 6.12. The molecule has 0 saturated carbocycles. The molecule has 0 aliphatic carbocycles. The molecule has 1 N–H and O–H groups in total. The first-order valence-corrected chi connectivity index (χ1v) is 6.77. The van der Waals surface area contributed by atoms with Gasteiger partial charge in [-0.3, -0.25) is 10.3 Å². The van der Waals surface area contributed by atoms with Crippen LogP contribution in [-0.2, 0) is 6.42 Å². The molecular weight excluding hydrogens is 230 g/mol. The standard InChI is InChI=1S/C13H19N3S/c1-4-12(16-11(3)15-9-14)5-6-13-10(2)7-8-17-13/h7-8,12H,4-6H2,1-3H3,(H,15,16)/t12-/m1/s1. The SMILES string of the molecule is CC[C@H](CCc1sccc1C)N=C(C)NC#N. The number of hydrogen-bond acceptors (Lipinski definition) is 3. The van der Waals surface area contributed by atoms with Gasteiger partial charge >= 0.3 is 0 Å². The molecule has 4 heteroatoms. The fraction of sp³-hybridized carbons (Fsp3) is 0.538. The molecule has 1 atom stereocenters. The molecular formula is C13H19N3S. The van der Waals surface area contributed by atoms with Crippen molar-refractivity contribution in [3.05, 3.63) is 21.9 Å². The van der Waals surface area contributed by atoms with Gasteiger partial charge in [0.2, 0.25) is 0 Å². The second-order valence-electron chi connectivity index (χ2n) is 4.08. The zero-order chi connectivity index (χ0) is 12.7. The molecule has 0 bridgehead atoms. The quantitative estimate of drug-likeness (QED) is 0.377. The van der Waals surface area contributed by atoms with Gasteiger partial charge in [0.15, 0.2) is 6.19 Å². The van der Waals surface area contributed by atoms with Gasteiger partial charge in [0.05, 0.1) is 6.04 Å². The first kappa shape index (κ1) is 13.7. The summed E-state index contributed by atoms with van der Waals surface area (Å²) in [7, 11) is 0. The number of nitrogens with one attached hydrogen (secondary N) is 1. The van der Waals surface area contributed by atoms with Crippen LogP contribution in [0.15, 0.2) is 16.4 Å². The fourth-order valence-corrected chi connectivity index (χ4v) is 2.63. The smallest absolute Gasteiger partial charge is 0.182 e. The molecule has 0 fully saturated rings. The van der Waals surface area contributed by atoms with E-state index < -0.39 is 0 Å². The minimum atomic E-state index is 0.303. The zero-order valence-corrected chi connectivity index (χ0v) is 11.5. The Hall–Kier alpha value is -1.34. The summed E-state index contributed by atoms with van der Waals surface area (Å²) in [6, 6.07) is 2.46. The number of rotatable bonds is 5. The highest BCUT2D eigenvalue weighted by molar-refractivity contribution is 7.10. The topological polar surface area (TPSA) is 48.2 Å². The molecule has 0 aromatic carbocycles. The van der Waals surface area contributed by atoms with Crippen LogP contribution in [0.1, 0.15) is 37.1 Å². The normalized spacial score (nSPS) is 13.2. The Morgan fingerprint density at radius 1 is 1.65 bits per heavy atom. The lowest BCUT2D eigenvalue weighted by Gasteiger charge is -2.10. The van der Waals surface area contributed by atoms with Crippen LogP contribution in [0.4, 0.5) is 0 Å². The van der Waals surface area contributed by atoms with Crippen molar-refractivity contribution in [3.63, 3.8) is 0 Å². The molecule has 0 radical (unpaired) electrons. The number of nitriles is 1. The van der Waals surface area contributed by atoms with Gasteiger partial charge in [0.25, 0.3) is 0 Å². The van der Waals surface area contributed by atoms with E-state index in [1.807, 2.05) is 24.5 Å². The molecule has 1 heterocycles. The van der Waals surface area contributed by atoms with Crippen LogP contribution in [0, 0.1) is 18.4 Å². The average molecular weight is 249 g/mol. The maximum absolute atomic E-state index is 8.50. The molecule has 0 saturated heterocycles. The Labute approximate surface area is 107 Å². The van der Waals surface area contributed by atoms with Crippen LogP contribution < -0.4 is 5.32 Å². The molecule has 0 aliphatic rings. The predicted molar refractivity (Wildman–Crippen MR) is 73.3 cm³/mol. The van der Waals surface area contributed by atoms with Crippen molar-refractivity contribution in [1.82, 2.24) is 5.32 Å². The van der Waals surface area contributed by atoms with Crippen LogP contribution in [0.2, 0.25) is 0 Å². The van der Waals surface area contributed by atoms with E-state index in [1.54, 1.807) is 0 Å². The number of thiophene rings is 1. The fourth-order valence-electron chi connectivity index (χ4n) is 1.70. The summed E-state index contributed by atoms with van der Waals surface area (Å²) in [5.41, 5.74) is 1.38. The maximum Gasteiger partial charge on any atom is 0.182 e. The molecule has 0 spiro atoms. The van der Waals surface area contributed by atoms with Crippen LogP contribution in [0.3, 0.4) is 0 Å². The molecule has 17 heavy (non-hydrogen) atoms. The molecule has 0 amide bonds. The van der Waals surface area contributed by atoms with E-state index in [0.717, 1.165) is 19.3 Å². The van der Waals surface area contributed by atoms with E-state index >= 15 is 0 Å². The highest BCUT2D eigenvalue weighted by Gasteiger charge is 2.07. The summed E-state index contributed by atoms with van der Waals surface area (Å²) in [4.78, 5) is 5.95. The maximum atomic E-state index is 8.50. The van der Waals surface area contributed by atoms with Crippen molar-refractivity contribution in [1.29, 1.82) is 5.26 Å². The van der Waals surface area contributed by atoms with Gasteiger partial charge in [0, 0.05) is 4.88 Å². The molecule has 92 valence electrons.